The molecule has 1 aliphatic carbocycles. The van der Waals surface area contributed by atoms with Gasteiger partial charge in [-0.1, -0.05) is 13.3 Å². The van der Waals surface area contributed by atoms with Crippen molar-refractivity contribution in [2.75, 3.05) is 12.3 Å². The van der Waals surface area contributed by atoms with Crippen molar-refractivity contribution in [2.24, 2.45) is 5.92 Å². The van der Waals surface area contributed by atoms with Crippen LogP contribution in [-0.2, 0) is 5.75 Å². The molecule has 0 saturated heterocycles. The summed E-state index contributed by atoms with van der Waals surface area (Å²) in [5, 5.41) is 13.1. The van der Waals surface area contributed by atoms with Gasteiger partial charge in [0.25, 0.3) is 0 Å². The summed E-state index contributed by atoms with van der Waals surface area (Å²) in [4.78, 5) is 0. The first-order chi connectivity index (χ1) is 9.80. The van der Waals surface area contributed by atoms with Crippen LogP contribution in [0.5, 0.6) is 0 Å². The molecule has 2 rings (SSSR count). The fourth-order valence-electron chi connectivity index (χ4n) is 3.03. The van der Waals surface area contributed by atoms with E-state index in [-0.39, 0.29) is 5.54 Å². The van der Waals surface area contributed by atoms with Gasteiger partial charge in [0.15, 0.2) is 0 Å². The zero-order chi connectivity index (χ0) is 14.3. The molecular weight excluding hydrogens is 268 g/mol. The molecule has 1 aromatic heterocycles. The Bertz CT molecular complexity index is 426. The van der Waals surface area contributed by atoms with Crippen LogP contribution in [0.15, 0.2) is 22.8 Å². The molecule has 0 amide bonds. The lowest BCUT2D eigenvalue weighted by molar-refractivity contribution is 0.311. The van der Waals surface area contributed by atoms with Gasteiger partial charge >= 0.3 is 0 Å². The van der Waals surface area contributed by atoms with Crippen molar-refractivity contribution in [3.8, 4) is 6.07 Å². The van der Waals surface area contributed by atoms with Crippen molar-refractivity contribution in [1.82, 2.24) is 5.32 Å². The van der Waals surface area contributed by atoms with Crippen LogP contribution in [0.25, 0.3) is 0 Å². The highest BCUT2D eigenvalue weighted by Gasteiger charge is 2.42. The average molecular weight is 292 g/mol. The zero-order valence-electron chi connectivity index (χ0n) is 12.2. The van der Waals surface area contributed by atoms with E-state index in [1.165, 1.54) is 12.8 Å². The largest absolute Gasteiger partial charge is 0.468 e. The molecule has 4 heteroatoms. The van der Waals surface area contributed by atoms with Crippen LogP contribution in [-0.4, -0.2) is 17.8 Å². The third kappa shape index (κ3) is 3.80. The molecule has 2 unspecified atom stereocenters. The molecule has 0 aliphatic heterocycles. The van der Waals surface area contributed by atoms with Crippen LogP contribution < -0.4 is 5.32 Å². The van der Waals surface area contributed by atoms with Gasteiger partial charge < -0.3 is 4.42 Å². The summed E-state index contributed by atoms with van der Waals surface area (Å²) in [6, 6.07) is 6.53. The number of nitrogens with zero attached hydrogens (tertiary/aromatic N) is 1. The minimum absolute atomic E-state index is 0.263. The molecule has 0 radical (unpaired) electrons. The molecule has 1 saturated carbocycles. The molecule has 2 atom stereocenters. The summed E-state index contributed by atoms with van der Waals surface area (Å²) in [6.07, 6.45) is 7.31. The molecule has 3 nitrogen and oxygen atoms in total. The third-order valence-corrected chi connectivity index (χ3v) is 5.16. The third-order valence-electron chi connectivity index (χ3n) is 4.15. The average Bonchev–Trinajstić information content (AvgIpc) is 3.11. The van der Waals surface area contributed by atoms with Crippen LogP contribution in [0.3, 0.4) is 0 Å². The molecular formula is C16H24N2OS. The molecule has 1 aromatic rings. The molecule has 1 aliphatic rings. The summed E-state index contributed by atoms with van der Waals surface area (Å²) in [5.74, 6) is 3.57. The van der Waals surface area contributed by atoms with Gasteiger partial charge in [-0.25, -0.2) is 0 Å². The highest BCUT2D eigenvalue weighted by molar-refractivity contribution is 7.98. The van der Waals surface area contributed by atoms with Crippen LogP contribution in [0, 0.1) is 17.2 Å². The number of furan rings is 1. The van der Waals surface area contributed by atoms with Crippen LogP contribution >= 0.6 is 11.8 Å². The first kappa shape index (κ1) is 15.5. The maximum Gasteiger partial charge on any atom is 0.113 e. The number of thioether (sulfide) groups is 1. The molecule has 20 heavy (non-hydrogen) atoms. The highest BCUT2D eigenvalue weighted by atomic mass is 32.2. The lowest BCUT2D eigenvalue weighted by Gasteiger charge is -2.30. The Kier molecular flexibility index (Phi) is 6.00. The van der Waals surface area contributed by atoms with Gasteiger partial charge in [0.1, 0.15) is 11.3 Å². The van der Waals surface area contributed by atoms with E-state index in [1.807, 2.05) is 23.9 Å². The fourth-order valence-corrected chi connectivity index (χ4v) is 3.99. The van der Waals surface area contributed by atoms with Crippen LogP contribution in [0.1, 0.15) is 44.8 Å². The first-order valence-corrected chi connectivity index (χ1v) is 8.72. The topological polar surface area (TPSA) is 49.0 Å². The van der Waals surface area contributed by atoms with Crippen molar-refractivity contribution in [3.05, 3.63) is 24.2 Å². The second kappa shape index (κ2) is 7.75. The second-order valence-electron chi connectivity index (χ2n) is 5.52. The van der Waals surface area contributed by atoms with Gasteiger partial charge in [-0.05, 0) is 56.0 Å². The van der Waals surface area contributed by atoms with Crippen molar-refractivity contribution in [1.29, 1.82) is 5.26 Å². The summed E-state index contributed by atoms with van der Waals surface area (Å²) in [7, 11) is 0. The van der Waals surface area contributed by atoms with E-state index in [4.69, 9.17) is 4.42 Å². The minimum Gasteiger partial charge on any atom is -0.468 e. The van der Waals surface area contributed by atoms with E-state index in [9.17, 15) is 5.26 Å². The van der Waals surface area contributed by atoms with Crippen molar-refractivity contribution in [2.45, 2.75) is 50.3 Å². The van der Waals surface area contributed by atoms with Gasteiger partial charge in [0, 0.05) is 0 Å². The minimum atomic E-state index is -0.263. The molecule has 1 heterocycles. The molecule has 1 N–H and O–H groups in total. The van der Waals surface area contributed by atoms with Crippen LogP contribution in [0.2, 0.25) is 0 Å². The zero-order valence-corrected chi connectivity index (χ0v) is 13.0. The molecule has 0 spiro atoms. The van der Waals surface area contributed by atoms with Gasteiger partial charge in [-0.15, -0.1) is 0 Å². The Morgan fingerprint density at radius 2 is 2.50 bits per heavy atom. The lowest BCUT2D eigenvalue weighted by Crippen LogP contribution is -2.47. The molecule has 0 aromatic carbocycles. The number of hydrogen-bond acceptors (Lipinski definition) is 4. The second-order valence-corrected chi connectivity index (χ2v) is 6.62. The van der Waals surface area contributed by atoms with E-state index < -0.39 is 0 Å². The SMILES string of the molecule is CCCNC1(C#N)CCCC1CCSCc1ccco1. The van der Waals surface area contributed by atoms with Gasteiger partial charge in [-0.3, -0.25) is 5.32 Å². The Hall–Kier alpha value is -0.920. The first-order valence-electron chi connectivity index (χ1n) is 7.57. The van der Waals surface area contributed by atoms with Crippen molar-refractivity contribution < 1.29 is 4.42 Å². The monoisotopic (exact) mass is 292 g/mol. The number of nitrogens with one attached hydrogen (secondary N) is 1. The Morgan fingerprint density at radius 1 is 1.60 bits per heavy atom. The maximum atomic E-state index is 9.59. The van der Waals surface area contributed by atoms with Crippen molar-refractivity contribution in [3.63, 3.8) is 0 Å². The lowest BCUT2D eigenvalue weighted by atomic mass is 9.86. The quantitative estimate of drug-likeness (QED) is 0.737. The fraction of sp³-hybridized carbons (Fsp3) is 0.688. The van der Waals surface area contributed by atoms with Gasteiger partial charge in [0.05, 0.1) is 18.1 Å². The predicted octanol–water partition coefficient (Wildman–Crippen LogP) is 3.96. The van der Waals surface area contributed by atoms with Gasteiger partial charge in [0.2, 0.25) is 0 Å². The number of rotatable bonds is 8. The van der Waals surface area contributed by atoms with E-state index >= 15 is 0 Å². The smallest absolute Gasteiger partial charge is 0.113 e. The van der Waals surface area contributed by atoms with Gasteiger partial charge in [-0.2, -0.15) is 17.0 Å². The Balaban J connectivity index is 1.77. The van der Waals surface area contributed by atoms with Crippen LogP contribution in [0.4, 0.5) is 0 Å². The van der Waals surface area contributed by atoms with E-state index in [0.29, 0.717) is 5.92 Å². The standard InChI is InChI=1S/C16H24N2OS/c1-2-9-18-16(13-17)8-3-5-14(16)7-11-20-12-15-6-4-10-19-15/h4,6,10,14,18H,2-3,5,7-9,11-12H2,1H3. The summed E-state index contributed by atoms with van der Waals surface area (Å²) >= 11 is 1.90. The number of hydrogen-bond donors (Lipinski definition) is 1. The maximum absolute atomic E-state index is 9.59. The Morgan fingerprint density at radius 3 is 3.20 bits per heavy atom. The van der Waals surface area contributed by atoms with E-state index in [1.54, 1.807) is 6.26 Å². The summed E-state index contributed by atoms with van der Waals surface area (Å²) < 4.78 is 5.34. The number of nitriles is 1. The normalized spacial score (nSPS) is 25.7. The highest BCUT2D eigenvalue weighted by Crippen LogP contribution is 2.38. The predicted molar refractivity (Wildman–Crippen MR) is 83.5 cm³/mol. The Labute approximate surface area is 126 Å². The molecule has 0 bridgehead atoms. The molecule has 1 fully saturated rings. The summed E-state index contributed by atoms with van der Waals surface area (Å²) in [5.41, 5.74) is -0.263. The summed E-state index contributed by atoms with van der Waals surface area (Å²) in [6.45, 7) is 3.10. The van der Waals surface area contributed by atoms with Crippen molar-refractivity contribution >= 4 is 11.8 Å². The van der Waals surface area contributed by atoms with E-state index in [2.05, 4.69) is 18.3 Å². The van der Waals surface area contributed by atoms with E-state index in [0.717, 1.165) is 43.1 Å². The molecule has 110 valence electrons.